The van der Waals surface area contributed by atoms with Gasteiger partial charge >= 0.3 is 5.97 Å². The second-order valence-electron chi connectivity index (χ2n) is 4.95. The molecule has 0 radical (unpaired) electrons. The number of benzene rings is 2. The Kier molecular flexibility index (Phi) is 6.06. The van der Waals surface area contributed by atoms with Crippen molar-refractivity contribution in [1.82, 2.24) is 0 Å². The van der Waals surface area contributed by atoms with E-state index in [4.69, 9.17) is 27.9 Å². The van der Waals surface area contributed by atoms with E-state index in [0.717, 1.165) is 5.56 Å². The lowest BCUT2D eigenvalue weighted by Crippen LogP contribution is -2.13. The fraction of sp³-hybridized carbons (Fsp3) is 0.176. The van der Waals surface area contributed by atoms with E-state index in [1.807, 2.05) is 0 Å². The van der Waals surface area contributed by atoms with Gasteiger partial charge in [-0.2, -0.15) is 0 Å². The van der Waals surface area contributed by atoms with Gasteiger partial charge in [0.1, 0.15) is 12.4 Å². The van der Waals surface area contributed by atoms with Crippen LogP contribution in [0, 0.1) is 0 Å². The van der Waals surface area contributed by atoms with Gasteiger partial charge in [-0.1, -0.05) is 36.2 Å². The average molecular weight is 368 g/mol. The summed E-state index contributed by atoms with van der Waals surface area (Å²) in [6.07, 6.45) is 0.259. The van der Waals surface area contributed by atoms with Gasteiger partial charge in [0.15, 0.2) is 0 Å². The third-order valence-electron chi connectivity index (χ3n) is 3.21. The molecule has 2 N–H and O–H groups in total. The quantitative estimate of drug-likeness (QED) is 0.780. The van der Waals surface area contributed by atoms with Crippen LogP contribution in [0.1, 0.15) is 29.3 Å². The summed E-state index contributed by atoms with van der Waals surface area (Å²) in [5, 5.41) is 12.7. The number of amides is 1. The molecule has 24 heavy (non-hydrogen) atoms. The van der Waals surface area contributed by atoms with Crippen molar-refractivity contribution >= 4 is 40.8 Å². The number of halogens is 2. The molecule has 0 fully saturated rings. The SMILES string of the molecule is CCC(=O)Nc1ccc(OCc2ccc(Cl)c(Cl)c2)cc1C(=O)O. The molecule has 0 aliphatic heterocycles. The number of carbonyl (C=O) groups excluding carboxylic acids is 1. The number of aromatic carboxylic acids is 1. The molecule has 7 heteroatoms. The maximum atomic E-state index is 11.5. The molecule has 0 bridgehead atoms. The fourth-order valence-corrected chi connectivity index (χ4v) is 2.25. The van der Waals surface area contributed by atoms with Crippen LogP contribution in [0.3, 0.4) is 0 Å². The van der Waals surface area contributed by atoms with E-state index in [-0.39, 0.29) is 30.2 Å². The molecule has 0 spiro atoms. The number of carboxylic acid groups (broad SMARTS) is 1. The lowest BCUT2D eigenvalue weighted by atomic mass is 10.1. The van der Waals surface area contributed by atoms with E-state index >= 15 is 0 Å². The summed E-state index contributed by atoms with van der Waals surface area (Å²) in [4.78, 5) is 22.8. The van der Waals surface area contributed by atoms with Crippen LogP contribution < -0.4 is 10.1 Å². The Hall–Kier alpha value is -2.24. The number of rotatable bonds is 6. The van der Waals surface area contributed by atoms with Gasteiger partial charge in [-0.25, -0.2) is 4.79 Å². The van der Waals surface area contributed by atoms with Crippen LogP contribution in [-0.2, 0) is 11.4 Å². The summed E-state index contributed by atoms with van der Waals surface area (Å²) < 4.78 is 5.59. The molecule has 126 valence electrons. The Morgan fingerprint density at radius 1 is 1.12 bits per heavy atom. The number of carbonyl (C=O) groups is 2. The second kappa shape index (κ2) is 8.04. The van der Waals surface area contributed by atoms with E-state index in [0.29, 0.717) is 15.8 Å². The summed E-state index contributed by atoms with van der Waals surface area (Å²) in [6, 6.07) is 9.57. The molecule has 0 heterocycles. The first kappa shape index (κ1) is 18.1. The molecule has 2 aromatic carbocycles. The number of ether oxygens (including phenoxy) is 1. The lowest BCUT2D eigenvalue weighted by molar-refractivity contribution is -0.115. The Labute approximate surface area is 149 Å². The Morgan fingerprint density at radius 3 is 2.50 bits per heavy atom. The van der Waals surface area contributed by atoms with E-state index in [2.05, 4.69) is 5.32 Å². The Bertz CT molecular complexity index is 777. The zero-order chi connectivity index (χ0) is 17.7. The van der Waals surface area contributed by atoms with Crippen molar-refractivity contribution in [2.24, 2.45) is 0 Å². The van der Waals surface area contributed by atoms with Crippen LogP contribution >= 0.6 is 23.2 Å². The first-order valence-electron chi connectivity index (χ1n) is 7.14. The fourth-order valence-electron chi connectivity index (χ4n) is 1.93. The highest BCUT2D eigenvalue weighted by Crippen LogP contribution is 2.25. The third kappa shape index (κ3) is 4.63. The van der Waals surface area contributed by atoms with Crippen molar-refractivity contribution in [1.29, 1.82) is 0 Å². The maximum Gasteiger partial charge on any atom is 0.337 e. The van der Waals surface area contributed by atoms with Crippen LogP contribution in [0.5, 0.6) is 5.75 Å². The predicted molar refractivity (Wildman–Crippen MR) is 93.1 cm³/mol. The van der Waals surface area contributed by atoms with Crippen molar-refractivity contribution in [3.8, 4) is 5.75 Å². The lowest BCUT2D eigenvalue weighted by Gasteiger charge is -2.11. The highest BCUT2D eigenvalue weighted by Gasteiger charge is 2.13. The van der Waals surface area contributed by atoms with Crippen LogP contribution in [0.15, 0.2) is 36.4 Å². The van der Waals surface area contributed by atoms with Crippen LogP contribution in [0.2, 0.25) is 10.0 Å². The first-order valence-corrected chi connectivity index (χ1v) is 7.90. The molecular weight excluding hydrogens is 353 g/mol. The van der Waals surface area contributed by atoms with Crippen molar-refractivity contribution < 1.29 is 19.4 Å². The average Bonchev–Trinajstić information content (AvgIpc) is 2.56. The minimum atomic E-state index is -1.15. The molecule has 2 rings (SSSR count). The largest absolute Gasteiger partial charge is 0.489 e. The molecule has 0 saturated heterocycles. The third-order valence-corrected chi connectivity index (χ3v) is 3.95. The highest BCUT2D eigenvalue weighted by molar-refractivity contribution is 6.42. The summed E-state index contributed by atoms with van der Waals surface area (Å²) in [5.74, 6) is -1.05. The number of nitrogens with one attached hydrogen (secondary N) is 1. The second-order valence-corrected chi connectivity index (χ2v) is 5.77. The van der Waals surface area contributed by atoms with Gasteiger partial charge in [-0.15, -0.1) is 0 Å². The van der Waals surface area contributed by atoms with Gasteiger partial charge in [0.05, 0.1) is 21.3 Å². The summed E-state index contributed by atoms with van der Waals surface area (Å²) in [6.45, 7) is 1.89. The topological polar surface area (TPSA) is 75.6 Å². The van der Waals surface area contributed by atoms with Gasteiger partial charge in [0, 0.05) is 6.42 Å². The van der Waals surface area contributed by atoms with Crippen LogP contribution in [0.4, 0.5) is 5.69 Å². The number of carboxylic acids is 1. The van der Waals surface area contributed by atoms with Gasteiger partial charge in [0.2, 0.25) is 5.91 Å². The molecule has 1 amide bonds. The molecule has 2 aromatic rings. The normalized spacial score (nSPS) is 10.3. The number of hydrogen-bond acceptors (Lipinski definition) is 3. The van der Waals surface area contributed by atoms with Crippen molar-refractivity contribution in [3.05, 3.63) is 57.6 Å². The minimum absolute atomic E-state index is 0.0385. The molecule has 0 aliphatic carbocycles. The van der Waals surface area contributed by atoms with Crippen molar-refractivity contribution in [2.75, 3.05) is 5.32 Å². The molecule has 0 aliphatic rings. The molecule has 0 atom stereocenters. The first-order chi connectivity index (χ1) is 11.4. The molecule has 0 unspecified atom stereocenters. The minimum Gasteiger partial charge on any atom is -0.489 e. The standard InChI is InChI=1S/C17H15Cl2NO4/c1-2-16(21)20-15-6-4-11(8-12(15)17(22)23)24-9-10-3-5-13(18)14(19)7-10/h3-8H,2,9H2,1H3,(H,20,21)(H,22,23). The summed E-state index contributed by atoms with van der Waals surface area (Å²) >= 11 is 11.8. The van der Waals surface area contributed by atoms with Crippen molar-refractivity contribution in [3.63, 3.8) is 0 Å². The van der Waals surface area contributed by atoms with Crippen molar-refractivity contribution in [2.45, 2.75) is 20.0 Å². The Balaban J connectivity index is 2.15. The smallest absolute Gasteiger partial charge is 0.337 e. The van der Waals surface area contributed by atoms with E-state index < -0.39 is 5.97 Å². The Morgan fingerprint density at radius 2 is 1.88 bits per heavy atom. The number of anilines is 1. The van der Waals surface area contributed by atoms with Gasteiger partial charge < -0.3 is 15.2 Å². The van der Waals surface area contributed by atoms with E-state index in [1.165, 1.54) is 12.1 Å². The van der Waals surface area contributed by atoms with Crippen LogP contribution in [-0.4, -0.2) is 17.0 Å². The number of hydrogen-bond donors (Lipinski definition) is 2. The monoisotopic (exact) mass is 367 g/mol. The summed E-state index contributed by atoms with van der Waals surface area (Å²) in [7, 11) is 0. The predicted octanol–water partition coefficient (Wildman–Crippen LogP) is 4.62. The molecular formula is C17H15Cl2NO4. The van der Waals surface area contributed by atoms with Gasteiger partial charge in [-0.3, -0.25) is 4.79 Å². The zero-order valence-electron chi connectivity index (χ0n) is 12.8. The molecule has 0 saturated carbocycles. The molecule has 5 nitrogen and oxygen atoms in total. The zero-order valence-corrected chi connectivity index (χ0v) is 14.3. The van der Waals surface area contributed by atoms with Crippen LogP contribution in [0.25, 0.3) is 0 Å². The van der Waals surface area contributed by atoms with Gasteiger partial charge in [-0.05, 0) is 35.9 Å². The maximum absolute atomic E-state index is 11.5. The van der Waals surface area contributed by atoms with E-state index in [1.54, 1.807) is 31.2 Å². The highest BCUT2D eigenvalue weighted by atomic mass is 35.5. The van der Waals surface area contributed by atoms with Gasteiger partial charge in [0.25, 0.3) is 0 Å². The van der Waals surface area contributed by atoms with E-state index in [9.17, 15) is 14.7 Å². The summed E-state index contributed by atoms with van der Waals surface area (Å²) in [5.41, 5.74) is 0.990. The molecule has 0 aromatic heterocycles.